The molecule has 0 aromatic carbocycles. The number of nitrogens with zero attached hydrogens (tertiary/aromatic N) is 1. The van der Waals surface area contributed by atoms with Crippen LogP contribution in [-0.4, -0.2) is 16.6 Å². The zero-order chi connectivity index (χ0) is 14.5. The number of unbranched alkanes of at least 4 members (excludes halogenated alkanes) is 2. The Morgan fingerprint density at radius 3 is 2.58 bits per heavy atom. The van der Waals surface area contributed by atoms with Crippen LogP contribution in [0.4, 0.5) is 13.2 Å². The van der Waals surface area contributed by atoms with Crippen molar-refractivity contribution in [3.8, 4) is 5.88 Å². The van der Waals surface area contributed by atoms with E-state index >= 15 is 0 Å². The second-order valence-corrected chi connectivity index (χ2v) is 4.41. The standard InChI is InChI=1S/C12H15F3N2OS/c1-2-3-4-7-18-11-8(10(16)19)5-6-9(17-11)12(13,14)15/h5-6H,2-4,7H2,1H3,(H2,16,19). The molecule has 1 aromatic heterocycles. The van der Waals surface area contributed by atoms with Crippen molar-refractivity contribution < 1.29 is 17.9 Å². The van der Waals surface area contributed by atoms with Gasteiger partial charge in [0.05, 0.1) is 12.2 Å². The summed E-state index contributed by atoms with van der Waals surface area (Å²) < 4.78 is 42.9. The third kappa shape index (κ3) is 4.66. The average molecular weight is 292 g/mol. The van der Waals surface area contributed by atoms with Crippen LogP contribution in [0.3, 0.4) is 0 Å². The van der Waals surface area contributed by atoms with E-state index in [1.54, 1.807) is 0 Å². The Balaban J connectivity index is 2.93. The Bertz CT molecular complexity index is 449. The minimum Gasteiger partial charge on any atom is -0.477 e. The van der Waals surface area contributed by atoms with Gasteiger partial charge in [0.25, 0.3) is 0 Å². The van der Waals surface area contributed by atoms with E-state index in [9.17, 15) is 13.2 Å². The molecule has 0 saturated heterocycles. The van der Waals surface area contributed by atoms with Crippen molar-refractivity contribution in [2.24, 2.45) is 5.73 Å². The fraction of sp³-hybridized carbons (Fsp3) is 0.500. The summed E-state index contributed by atoms with van der Waals surface area (Å²) in [5.41, 5.74) is 4.64. The van der Waals surface area contributed by atoms with Gasteiger partial charge in [-0.3, -0.25) is 0 Å². The Kier molecular flexibility index (Phi) is 5.53. The normalized spacial score (nSPS) is 11.4. The van der Waals surface area contributed by atoms with E-state index in [-0.39, 0.29) is 23.0 Å². The van der Waals surface area contributed by atoms with Gasteiger partial charge in [-0.05, 0) is 18.6 Å². The second kappa shape index (κ2) is 6.70. The zero-order valence-electron chi connectivity index (χ0n) is 10.5. The van der Waals surface area contributed by atoms with Crippen LogP contribution in [0.5, 0.6) is 5.88 Å². The van der Waals surface area contributed by atoms with Gasteiger partial charge in [-0.2, -0.15) is 13.2 Å². The molecule has 7 heteroatoms. The first-order valence-electron chi connectivity index (χ1n) is 5.87. The molecular formula is C12H15F3N2OS. The molecule has 0 unspecified atom stereocenters. The van der Waals surface area contributed by atoms with Crippen LogP contribution in [-0.2, 0) is 6.18 Å². The van der Waals surface area contributed by atoms with Crippen molar-refractivity contribution in [2.45, 2.75) is 32.4 Å². The van der Waals surface area contributed by atoms with Crippen molar-refractivity contribution in [2.75, 3.05) is 6.61 Å². The number of thiocarbonyl (C=S) groups is 1. The molecule has 19 heavy (non-hydrogen) atoms. The Morgan fingerprint density at radius 1 is 1.37 bits per heavy atom. The van der Waals surface area contributed by atoms with Crippen molar-refractivity contribution in [3.63, 3.8) is 0 Å². The van der Waals surface area contributed by atoms with E-state index in [0.29, 0.717) is 0 Å². The second-order valence-electron chi connectivity index (χ2n) is 3.97. The van der Waals surface area contributed by atoms with Crippen LogP contribution in [0.15, 0.2) is 12.1 Å². The lowest BCUT2D eigenvalue weighted by molar-refractivity contribution is -0.141. The number of hydrogen-bond donors (Lipinski definition) is 1. The molecule has 0 bridgehead atoms. The van der Waals surface area contributed by atoms with Crippen LogP contribution < -0.4 is 10.5 Å². The lowest BCUT2D eigenvalue weighted by Gasteiger charge is -2.12. The maximum atomic E-state index is 12.6. The molecule has 0 aliphatic rings. The third-order valence-corrected chi connectivity index (χ3v) is 2.62. The van der Waals surface area contributed by atoms with Gasteiger partial charge >= 0.3 is 6.18 Å². The van der Waals surface area contributed by atoms with Crippen LogP contribution in [0.1, 0.15) is 37.4 Å². The molecule has 2 N–H and O–H groups in total. The van der Waals surface area contributed by atoms with Gasteiger partial charge in [-0.15, -0.1) is 0 Å². The molecule has 1 aromatic rings. The van der Waals surface area contributed by atoms with Gasteiger partial charge < -0.3 is 10.5 Å². The fourth-order valence-corrected chi connectivity index (χ4v) is 1.57. The predicted molar refractivity (Wildman–Crippen MR) is 70.1 cm³/mol. The highest BCUT2D eigenvalue weighted by atomic mass is 32.1. The molecule has 0 saturated carbocycles. The van der Waals surface area contributed by atoms with E-state index in [4.69, 9.17) is 22.7 Å². The maximum Gasteiger partial charge on any atom is 0.433 e. The van der Waals surface area contributed by atoms with Gasteiger partial charge in [-0.25, -0.2) is 4.98 Å². The van der Waals surface area contributed by atoms with Gasteiger partial charge in [0.15, 0.2) is 0 Å². The highest BCUT2D eigenvalue weighted by Gasteiger charge is 2.33. The molecule has 0 aliphatic carbocycles. The van der Waals surface area contributed by atoms with E-state index in [2.05, 4.69) is 4.98 Å². The smallest absolute Gasteiger partial charge is 0.433 e. The minimum atomic E-state index is -4.52. The van der Waals surface area contributed by atoms with E-state index in [0.717, 1.165) is 25.3 Å². The number of ether oxygens (including phenoxy) is 1. The van der Waals surface area contributed by atoms with E-state index < -0.39 is 11.9 Å². The summed E-state index contributed by atoms with van der Waals surface area (Å²) in [6.07, 6.45) is -1.86. The first-order chi connectivity index (χ1) is 8.86. The summed E-state index contributed by atoms with van der Waals surface area (Å²) in [5.74, 6) is -0.154. The summed E-state index contributed by atoms with van der Waals surface area (Å²) in [6.45, 7) is 2.31. The first-order valence-corrected chi connectivity index (χ1v) is 6.28. The molecule has 0 atom stereocenters. The van der Waals surface area contributed by atoms with Crippen LogP contribution in [0.25, 0.3) is 0 Å². The fourth-order valence-electron chi connectivity index (χ4n) is 1.42. The highest BCUT2D eigenvalue weighted by molar-refractivity contribution is 7.80. The lowest BCUT2D eigenvalue weighted by Crippen LogP contribution is -2.16. The molecule has 0 aliphatic heterocycles. The Morgan fingerprint density at radius 2 is 2.05 bits per heavy atom. The summed E-state index contributed by atoms with van der Waals surface area (Å²) in [6, 6.07) is 2.03. The summed E-state index contributed by atoms with van der Waals surface area (Å²) >= 11 is 4.76. The van der Waals surface area contributed by atoms with E-state index in [1.165, 1.54) is 6.07 Å². The molecule has 0 fully saturated rings. The number of nitrogens with two attached hydrogens (primary N) is 1. The number of aromatic nitrogens is 1. The number of hydrogen-bond acceptors (Lipinski definition) is 3. The van der Waals surface area contributed by atoms with E-state index in [1.807, 2.05) is 6.92 Å². The topological polar surface area (TPSA) is 48.1 Å². The number of rotatable bonds is 6. The number of alkyl halides is 3. The number of pyridine rings is 1. The predicted octanol–water partition coefficient (Wildman–Crippen LogP) is 3.30. The minimum absolute atomic E-state index is 0.0354. The molecule has 1 heterocycles. The van der Waals surface area contributed by atoms with Crippen LogP contribution in [0, 0.1) is 0 Å². The summed E-state index contributed by atoms with van der Waals surface area (Å²) in [7, 11) is 0. The number of halogens is 3. The molecule has 0 amide bonds. The lowest BCUT2D eigenvalue weighted by atomic mass is 10.2. The molecule has 3 nitrogen and oxygen atoms in total. The average Bonchev–Trinajstić information content (AvgIpc) is 2.33. The Hall–Kier alpha value is -1.37. The summed E-state index contributed by atoms with van der Waals surface area (Å²) in [5, 5.41) is 0. The maximum absolute atomic E-state index is 12.6. The molecule has 0 spiro atoms. The van der Waals surface area contributed by atoms with Gasteiger partial charge in [-0.1, -0.05) is 32.0 Å². The zero-order valence-corrected chi connectivity index (χ0v) is 11.3. The quantitative estimate of drug-likeness (QED) is 0.645. The monoisotopic (exact) mass is 292 g/mol. The SMILES string of the molecule is CCCCCOc1nc(C(F)(F)F)ccc1C(N)=S. The largest absolute Gasteiger partial charge is 0.477 e. The Labute approximate surface area is 115 Å². The molecule has 1 rings (SSSR count). The van der Waals surface area contributed by atoms with Gasteiger partial charge in [0.1, 0.15) is 10.7 Å². The first kappa shape index (κ1) is 15.7. The van der Waals surface area contributed by atoms with Gasteiger partial charge in [0, 0.05) is 0 Å². The van der Waals surface area contributed by atoms with Crippen LogP contribution in [0.2, 0.25) is 0 Å². The highest BCUT2D eigenvalue weighted by Crippen LogP contribution is 2.30. The van der Waals surface area contributed by atoms with Crippen molar-refractivity contribution in [3.05, 3.63) is 23.4 Å². The van der Waals surface area contributed by atoms with Crippen molar-refractivity contribution in [1.29, 1.82) is 0 Å². The van der Waals surface area contributed by atoms with Gasteiger partial charge in [0.2, 0.25) is 5.88 Å². The van der Waals surface area contributed by atoms with Crippen molar-refractivity contribution >= 4 is 17.2 Å². The third-order valence-electron chi connectivity index (χ3n) is 2.40. The van der Waals surface area contributed by atoms with Crippen molar-refractivity contribution in [1.82, 2.24) is 4.98 Å². The molecular weight excluding hydrogens is 277 g/mol. The van der Waals surface area contributed by atoms with Crippen LogP contribution >= 0.6 is 12.2 Å². The molecule has 0 radical (unpaired) electrons. The molecule has 106 valence electrons. The summed E-state index contributed by atoms with van der Waals surface area (Å²) in [4.78, 5) is 3.41.